The highest BCUT2D eigenvalue weighted by atomic mass is 16.5. The van der Waals surface area contributed by atoms with Gasteiger partial charge in [-0.3, -0.25) is 14.4 Å². The molecule has 2 saturated heterocycles. The Morgan fingerprint density at radius 1 is 1.15 bits per heavy atom. The highest BCUT2D eigenvalue weighted by Gasteiger charge is 2.30. The number of likely N-dealkylation sites (tertiary alicyclic amines) is 1. The number of aromatic nitrogens is 7. The topological polar surface area (TPSA) is 117 Å². The van der Waals surface area contributed by atoms with Gasteiger partial charge < -0.3 is 14.8 Å². The van der Waals surface area contributed by atoms with Crippen LogP contribution in [0.25, 0.3) is 27.8 Å². The summed E-state index contributed by atoms with van der Waals surface area (Å²) in [5.41, 5.74) is 2.06. The Hall–Kier alpha value is -4.55. The lowest BCUT2D eigenvalue weighted by Gasteiger charge is -2.41. The van der Waals surface area contributed by atoms with Gasteiger partial charge in [0.2, 0.25) is 11.8 Å². The van der Waals surface area contributed by atoms with Crippen LogP contribution in [0.1, 0.15) is 12.8 Å². The molecule has 0 spiro atoms. The van der Waals surface area contributed by atoms with Crippen molar-refractivity contribution < 1.29 is 9.47 Å². The predicted molar refractivity (Wildman–Crippen MR) is 155 cm³/mol. The Balaban J connectivity index is 1.19. The van der Waals surface area contributed by atoms with E-state index in [-0.39, 0.29) is 18.2 Å². The maximum absolute atomic E-state index is 13.4. The third-order valence-corrected chi connectivity index (χ3v) is 7.81. The van der Waals surface area contributed by atoms with Crippen LogP contribution in [-0.2, 0) is 18.3 Å². The van der Waals surface area contributed by atoms with E-state index in [1.807, 2.05) is 54.3 Å². The summed E-state index contributed by atoms with van der Waals surface area (Å²) in [7, 11) is 1.91. The van der Waals surface area contributed by atoms with Crippen molar-refractivity contribution in [1.82, 2.24) is 39.0 Å². The highest BCUT2D eigenvalue weighted by Crippen LogP contribution is 2.24. The number of hydrogen-bond donors (Lipinski definition) is 1. The van der Waals surface area contributed by atoms with Crippen LogP contribution in [0.4, 0.5) is 11.6 Å². The van der Waals surface area contributed by atoms with Crippen LogP contribution in [0.2, 0.25) is 0 Å². The monoisotopic (exact) mass is 553 g/mol. The molecule has 5 aromatic rings. The van der Waals surface area contributed by atoms with E-state index in [0.717, 1.165) is 55.7 Å². The fourth-order valence-electron chi connectivity index (χ4n) is 5.53. The Labute approximate surface area is 235 Å². The number of benzene rings is 1. The average molecular weight is 554 g/mol. The largest absolute Gasteiger partial charge is 0.474 e. The minimum atomic E-state index is -0.219. The molecular weight excluding hydrogens is 522 g/mol. The number of hydrogen-bond acceptors (Lipinski definition) is 9. The maximum atomic E-state index is 13.4. The number of nitrogens with one attached hydrogen (secondary N) is 1. The zero-order valence-corrected chi connectivity index (χ0v) is 22.8. The summed E-state index contributed by atoms with van der Waals surface area (Å²) in [5, 5.41) is 8.95. The molecule has 0 amide bonds. The van der Waals surface area contributed by atoms with Crippen molar-refractivity contribution in [2.45, 2.75) is 31.5 Å². The van der Waals surface area contributed by atoms with Crippen molar-refractivity contribution in [1.29, 1.82) is 0 Å². The van der Waals surface area contributed by atoms with Gasteiger partial charge in [0.15, 0.2) is 11.5 Å². The summed E-state index contributed by atoms with van der Waals surface area (Å²) in [4.78, 5) is 29.8. The molecule has 210 valence electrons. The van der Waals surface area contributed by atoms with Gasteiger partial charge in [0.1, 0.15) is 11.5 Å². The van der Waals surface area contributed by atoms with E-state index in [9.17, 15) is 4.79 Å². The molecule has 4 aromatic heterocycles. The third-order valence-electron chi connectivity index (χ3n) is 7.81. The van der Waals surface area contributed by atoms with E-state index in [1.165, 1.54) is 0 Å². The minimum absolute atomic E-state index is 0.0852. The normalized spacial score (nSPS) is 16.7. The van der Waals surface area contributed by atoms with Crippen LogP contribution >= 0.6 is 0 Å². The molecule has 12 nitrogen and oxygen atoms in total. The molecule has 41 heavy (non-hydrogen) atoms. The first-order valence-corrected chi connectivity index (χ1v) is 13.8. The molecule has 0 saturated carbocycles. The van der Waals surface area contributed by atoms with Gasteiger partial charge in [-0.15, -0.1) is 6.58 Å². The second-order valence-corrected chi connectivity index (χ2v) is 10.5. The first-order chi connectivity index (χ1) is 20.1. The molecule has 1 N–H and O–H groups in total. The number of fused-ring (bicyclic) bond motifs is 2. The van der Waals surface area contributed by atoms with E-state index in [4.69, 9.17) is 19.4 Å². The third kappa shape index (κ3) is 4.74. The van der Waals surface area contributed by atoms with Crippen LogP contribution in [0.5, 0.6) is 5.88 Å². The van der Waals surface area contributed by atoms with Crippen LogP contribution in [0.15, 0.2) is 66.2 Å². The van der Waals surface area contributed by atoms with Crippen LogP contribution in [0, 0.1) is 0 Å². The van der Waals surface area contributed by atoms with Gasteiger partial charge in [0, 0.05) is 43.5 Å². The zero-order valence-electron chi connectivity index (χ0n) is 22.8. The summed E-state index contributed by atoms with van der Waals surface area (Å²) >= 11 is 0. The number of rotatable bonds is 8. The lowest BCUT2D eigenvalue weighted by Crippen LogP contribution is -2.52. The molecule has 0 aliphatic carbocycles. The number of ether oxygens (including phenoxy) is 2. The van der Waals surface area contributed by atoms with Gasteiger partial charge >= 0.3 is 0 Å². The van der Waals surface area contributed by atoms with Crippen molar-refractivity contribution in [2.24, 2.45) is 7.05 Å². The number of pyridine rings is 1. The zero-order chi connectivity index (χ0) is 27.9. The number of aryl methyl sites for hydroxylation is 1. The predicted octanol–water partition coefficient (Wildman–Crippen LogP) is 3.04. The molecule has 0 bridgehead atoms. The van der Waals surface area contributed by atoms with Crippen LogP contribution in [-0.4, -0.2) is 77.4 Å². The molecule has 1 aromatic carbocycles. The number of allylic oxidation sites excluding steroid dienone is 1. The van der Waals surface area contributed by atoms with Crippen molar-refractivity contribution >= 4 is 33.6 Å². The fraction of sp³-hybridized carbons (Fsp3) is 0.345. The van der Waals surface area contributed by atoms with E-state index in [0.29, 0.717) is 34.7 Å². The van der Waals surface area contributed by atoms with Crippen molar-refractivity contribution in [2.75, 3.05) is 31.6 Å². The molecule has 6 heterocycles. The Morgan fingerprint density at radius 3 is 2.78 bits per heavy atom. The number of piperidine rings is 1. The van der Waals surface area contributed by atoms with E-state index < -0.39 is 0 Å². The van der Waals surface area contributed by atoms with Crippen LogP contribution in [0.3, 0.4) is 0 Å². The van der Waals surface area contributed by atoms with Gasteiger partial charge in [-0.05, 0) is 37.1 Å². The summed E-state index contributed by atoms with van der Waals surface area (Å²) < 4.78 is 16.8. The molecule has 0 atom stereocenters. The van der Waals surface area contributed by atoms with Gasteiger partial charge in [-0.25, -0.2) is 14.3 Å². The van der Waals surface area contributed by atoms with E-state index in [2.05, 4.69) is 26.9 Å². The first kappa shape index (κ1) is 25.4. The molecular formula is C29H31N9O3. The van der Waals surface area contributed by atoms with Crippen molar-refractivity contribution in [3.05, 3.63) is 71.8 Å². The maximum Gasteiger partial charge on any atom is 0.278 e. The number of nitrogens with zero attached hydrogens (tertiary/aromatic N) is 8. The van der Waals surface area contributed by atoms with Crippen LogP contribution < -0.4 is 15.6 Å². The summed E-state index contributed by atoms with van der Waals surface area (Å²) in [5.74, 6) is 1.41. The SMILES string of the molecule is C=CCn1c(=O)c2cnc(Nc3ccc4c(cnn4C)c3)nc2n1-c1cccc(OC2CCN(C3COC3)CC2)n1. The average Bonchev–Trinajstić information content (AvgIpc) is 3.45. The smallest absolute Gasteiger partial charge is 0.278 e. The van der Waals surface area contributed by atoms with Gasteiger partial charge in [-0.1, -0.05) is 12.1 Å². The second-order valence-electron chi connectivity index (χ2n) is 10.5. The van der Waals surface area contributed by atoms with E-state index >= 15 is 0 Å². The quantitative estimate of drug-likeness (QED) is 0.289. The Morgan fingerprint density at radius 2 is 2.00 bits per heavy atom. The summed E-state index contributed by atoms with van der Waals surface area (Å²) in [6.45, 7) is 7.75. The molecule has 0 unspecified atom stereocenters. The Kier molecular flexibility index (Phi) is 6.48. The van der Waals surface area contributed by atoms with E-state index in [1.54, 1.807) is 21.6 Å². The standard InChI is InChI=1S/C29H31N9O3/c1-3-11-37-28(39)23-16-30-29(32-20-7-8-24-19(14-20)15-31-35(24)2)34-27(23)38(37)25-5-4-6-26(33-25)41-22-9-12-36(13-10-22)21-17-40-18-21/h3-8,14-16,21-22H,1,9-13,17-18H2,2H3,(H,30,32,34). The van der Waals surface area contributed by atoms with Gasteiger partial charge in [-0.2, -0.15) is 15.1 Å². The van der Waals surface area contributed by atoms with Crippen molar-refractivity contribution in [3.8, 4) is 11.7 Å². The minimum Gasteiger partial charge on any atom is -0.474 e. The lowest BCUT2D eigenvalue weighted by molar-refractivity contribution is -0.0779. The summed E-state index contributed by atoms with van der Waals surface area (Å²) in [6, 6.07) is 12.0. The second kappa shape index (κ2) is 10.5. The number of anilines is 2. The molecule has 2 fully saturated rings. The molecule has 0 radical (unpaired) electrons. The Bertz CT molecular complexity index is 1790. The van der Waals surface area contributed by atoms with Crippen molar-refractivity contribution in [3.63, 3.8) is 0 Å². The lowest BCUT2D eigenvalue weighted by atomic mass is 10.0. The highest BCUT2D eigenvalue weighted by molar-refractivity contribution is 5.83. The summed E-state index contributed by atoms with van der Waals surface area (Å²) in [6.07, 6.45) is 6.99. The molecule has 2 aliphatic rings. The molecule has 7 rings (SSSR count). The van der Waals surface area contributed by atoms with Gasteiger partial charge in [0.25, 0.3) is 5.56 Å². The fourth-order valence-corrected chi connectivity index (χ4v) is 5.53. The molecule has 2 aliphatic heterocycles. The van der Waals surface area contributed by atoms with Gasteiger partial charge in [0.05, 0.1) is 37.5 Å². The first-order valence-electron chi connectivity index (χ1n) is 13.8. The molecule has 12 heteroatoms.